The lowest BCUT2D eigenvalue weighted by Gasteiger charge is -2.49. The van der Waals surface area contributed by atoms with E-state index in [9.17, 15) is 9.59 Å². The monoisotopic (exact) mass is 548 g/mol. The Balaban J connectivity index is 1.34. The van der Waals surface area contributed by atoms with Crippen LogP contribution in [0.25, 0.3) is 0 Å². The molecular formula is C34H32N2O3S. The molecule has 0 saturated carbocycles. The lowest BCUT2D eigenvalue weighted by molar-refractivity contribution is -0.165. The molecule has 2 aliphatic heterocycles. The van der Waals surface area contributed by atoms with Crippen LogP contribution in [0.1, 0.15) is 36.1 Å². The van der Waals surface area contributed by atoms with Gasteiger partial charge in [0, 0.05) is 4.75 Å². The molecule has 0 aromatic heterocycles. The highest BCUT2D eigenvalue weighted by molar-refractivity contribution is 8.01. The van der Waals surface area contributed by atoms with Crippen LogP contribution in [0.5, 0.6) is 0 Å². The van der Waals surface area contributed by atoms with Crippen LogP contribution in [0.4, 0.5) is 0 Å². The molecule has 0 bridgehead atoms. The number of carbonyl (C=O) groups excluding carboxylic acids is 2. The van der Waals surface area contributed by atoms with Crippen molar-refractivity contribution in [1.82, 2.24) is 10.2 Å². The topological polar surface area (TPSA) is 58.6 Å². The van der Waals surface area contributed by atoms with Gasteiger partial charge in [0.1, 0.15) is 24.1 Å². The molecule has 40 heavy (non-hydrogen) atoms. The number of hydrogen-bond donors (Lipinski definition) is 1. The fourth-order valence-corrected chi connectivity index (χ4v) is 7.60. The number of benzene rings is 4. The average Bonchev–Trinajstić information content (AvgIpc) is 3.26. The van der Waals surface area contributed by atoms with Crippen molar-refractivity contribution in [3.63, 3.8) is 0 Å². The van der Waals surface area contributed by atoms with Crippen LogP contribution in [0.3, 0.4) is 0 Å². The van der Waals surface area contributed by atoms with E-state index in [2.05, 4.69) is 41.7 Å². The van der Waals surface area contributed by atoms with Crippen LogP contribution in [0.2, 0.25) is 0 Å². The largest absolute Gasteiger partial charge is 0.459 e. The summed E-state index contributed by atoms with van der Waals surface area (Å²) in [5.41, 5.74) is 3.27. The summed E-state index contributed by atoms with van der Waals surface area (Å²) in [6.07, 6.45) is 0. The Hall–Kier alpha value is -3.87. The molecule has 4 aromatic carbocycles. The number of nitrogens with zero attached hydrogens (tertiary/aromatic N) is 1. The van der Waals surface area contributed by atoms with E-state index in [1.807, 2.05) is 98.8 Å². The zero-order valence-corrected chi connectivity index (χ0v) is 23.4. The molecule has 0 aliphatic carbocycles. The first-order valence-corrected chi connectivity index (χ1v) is 14.4. The van der Waals surface area contributed by atoms with Gasteiger partial charge < -0.3 is 9.64 Å². The summed E-state index contributed by atoms with van der Waals surface area (Å²) in [7, 11) is 0. The molecule has 3 atom stereocenters. The second-order valence-electron chi connectivity index (χ2n) is 10.8. The molecule has 4 aromatic rings. The van der Waals surface area contributed by atoms with E-state index in [1.54, 1.807) is 16.7 Å². The summed E-state index contributed by atoms with van der Waals surface area (Å²) >= 11 is 1.66. The van der Waals surface area contributed by atoms with Gasteiger partial charge in [-0.05, 0) is 36.1 Å². The van der Waals surface area contributed by atoms with E-state index in [1.165, 1.54) is 0 Å². The second-order valence-corrected chi connectivity index (χ2v) is 12.6. The Bertz CT molecular complexity index is 1380. The van der Waals surface area contributed by atoms with Gasteiger partial charge in [-0.1, -0.05) is 121 Å². The summed E-state index contributed by atoms with van der Waals surface area (Å²) in [6.45, 7) is 4.23. The minimum atomic E-state index is -0.771. The zero-order valence-electron chi connectivity index (χ0n) is 22.6. The van der Waals surface area contributed by atoms with E-state index in [0.29, 0.717) is 0 Å². The van der Waals surface area contributed by atoms with Crippen LogP contribution >= 0.6 is 11.8 Å². The van der Waals surface area contributed by atoms with Crippen molar-refractivity contribution < 1.29 is 14.3 Å². The van der Waals surface area contributed by atoms with Crippen LogP contribution < -0.4 is 5.32 Å². The number of β-lactam (4-membered cyclic amide) rings is 1. The molecule has 0 unspecified atom stereocenters. The fraction of sp³-hybridized carbons (Fsp3) is 0.235. The maximum absolute atomic E-state index is 13.9. The van der Waals surface area contributed by atoms with Crippen molar-refractivity contribution in [2.45, 2.75) is 48.2 Å². The standard InChI is InChI=1S/C34H32N2O3S/c1-33(2)29(32(38)39-23-24-15-7-3-8-16-24)36-30(37)28(31(36)40-33)35-34(25-17-9-4-10-18-25,26-19-11-5-12-20-26)27-21-13-6-14-22-27/h3-22,28-29,31,35H,23H2,1-2H3/t28-,29+,31-/m1/s1. The molecule has 6 rings (SSSR count). The van der Waals surface area contributed by atoms with Crippen molar-refractivity contribution in [2.75, 3.05) is 0 Å². The van der Waals surface area contributed by atoms with Crippen molar-refractivity contribution in [3.8, 4) is 0 Å². The molecule has 0 radical (unpaired) electrons. The number of hydrogen-bond acceptors (Lipinski definition) is 5. The number of esters is 1. The number of ether oxygens (including phenoxy) is 1. The Labute approximate surface area is 239 Å². The van der Waals surface area contributed by atoms with Gasteiger partial charge in [0.2, 0.25) is 5.91 Å². The van der Waals surface area contributed by atoms with E-state index in [0.717, 1.165) is 22.3 Å². The maximum atomic E-state index is 13.9. The summed E-state index contributed by atoms with van der Waals surface area (Å²) in [5, 5.41) is 3.63. The molecule has 1 amide bonds. The first-order chi connectivity index (χ1) is 19.4. The Morgan fingerprint density at radius 3 is 1.73 bits per heavy atom. The molecule has 6 heteroatoms. The van der Waals surface area contributed by atoms with Crippen molar-refractivity contribution >= 4 is 23.6 Å². The first-order valence-electron chi connectivity index (χ1n) is 13.6. The van der Waals surface area contributed by atoms with Gasteiger partial charge >= 0.3 is 5.97 Å². The van der Waals surface area contributed by atoms with E-state index in [4.69, 9.17) is 4.74 Å². The van der Waals surface area contributed by atoms with Gasteiger partial charge in [-0.15, -0.1) is 11.8 Å². The summed E-state index contributed by atoms with van der Waals surface area (Å²) in [6, 6.07) is 39.2. The maximum Gasteiger partial charge on any atom is 0.330 e. The average molecular weight is 549 g/mol. The number of nitrogens with one attached hydrogen (secondary N) is 1. The summed E-state index contributed by atoms with van der Waals surface area (Å²) in [4.78, 5) is 29.0. The molecule has 2 fully saturated rings. The second kappa shape index (κ2) is 10.6. The SMILES string of the molecule is CC1(C)S[C@@H]2[C@H](NC(c3ccccc3)(c3ccccc3)c3ccccc3)C(=O)N2[C@H]1C(=O)OCc1ccccc1. The van der Waals surface area contributed by atoms with Gasteiger partial charge in [0.15, 0.2) is 0 Å². The first kappa shape index (κ1) is 26.4. The van der Waals surface area contributed by atoms with E-state index >= 15 is 0 Å². The van der Waals surface area contributed by atoms with Gasteiger partial charge in [0.25, 0.3) is 0 Å². The molecule has 2 aliphatic rings. The minimum Gasteiger partial charge on any atom is -0.459 e. The molecule has 2 saturated heterocycles. The van der Waals surface area contributed by atoms with Crippen LogP contribution in [0, 0.1) is 0 Å². The molecular weight excluding hydrogens is 516 g/mol. The lowest BCUT2D eigenvalue weighted by atomic mass is 9.76. The van der Waals surface area contributed by atoms with Crippen molar-refractivity contribution in [3.05, 3.63) is 144 Å². The minimum absolute atomic E-state index is 0.0862. The lowest BCUT2D eigenvalue weighted by Crippen LogP contribution is -2.72. The van der Waals surface area contributed by atoms with E-state index in [-0.39, 0.29) is 23.9 Å². The van der Waals surface area contributed by atoms with Crippen LogP contribution in [0.15, 0.2) is 121 Å². The molecule has 0 spiro atoms. The van der Waals surface area contributed by atoms with Gasteiger partial charge in [-0.2, -0.15) is 0 Å². The van der Waals surface area contributed by atoms with Gasteiger partial charge in [0.05, 0.1) is 5.54 Å². The Morgan fingerprint density at radius 1 is 0.800 bits per heavy atom. The van der Waals surface area contributed by atoms with Crippen LogP contribution in [-0.4, -0.2) is 39.0 Å². The smallest absolute Gasteiger partial charge is 0.330 e. The Morgan fingerprint density at radius 2 is 1.25 bits per heavy atom. The van der Waals surface area contributed by atoms with Crippen LogP contribution in [-0.2, 0) is 26.5 Å². The third-order valence-electron chi connectivity index (χ3n) is 7.88. The summed E-state index contributed by atoms with van der Waals surface area (Å²) < 4.78 is 5.23. The number of thioether (sulfide) groups is 1. The molecule has 2 heterocycles. The predicted octanol–water partition coefficient (Wildman–Crippen LogP) is 5.74. The zero-order chi connectivity index (χ0) is 27.7. The third kappa shape index (κ3) is 4.51. The number of amides is 1. The molecule has 202 valence electrons. The Kier molecular flexibility index (Phi) is 6.99. The third-order valence-corrected chi connectivity index (χ3v) is 9.45. The highest BCUT2D eigenvalue weighted by Crippen LogP contribution is 2.52. The molecule has 1 N–H and O–H groups in total. The highest BCUT2D eigenvalue weighted by Gasteiger charge is 2.65. The predicted molar refractivity (Wildman–Crippen MR) is 158 cm³/mol. The molecule has 5 nitrogen and oxygen atoms in total. The highest BCUT2D eigenvalue weighted by atomic mass is 32.2. The fourth-order valence-electron chi connectivity index (χ4n) is 5.98. The number of rotatable bonds is 8. The van der Waals surface area contributed by atoms with Gasteiger partial charge in [-0.25, -0.2) is 4.79 Å². The summed E-state index contributed by atoms with van der Waals surface area (Å²) in [5.74, 6) is -0.451. The van der Waals surface area contributed by atoms with Crippen molar-refractivity contribution in [1.29, 1.82) is 0 Å². The van der Waals surface area contributed by atoms with Crippen molar-refractivity contribution in [2.24, 2.45) is 0 Å². The normalized spacial score (nSPS) is 21.4. The van der Waals surface area contributed by atoms with Gasteiger partial charge in [-0.3, -0.25) is 10.1 Å². The van der Waals surface area contributed by atoms with E-state index < -0.39 is 22.4 Å². The number of carbonyl (C=O) groups is 2. The quantitative estimate of drug-likeness (QED) is 0.173. The number of fused-ring (bicyclic) bond motifs is 1.